The Hall–Kier alpha value is -0.910. The van der Waals surface area contributed by atoms with Gasteiger partial charge in [-0.05, 0) is 43.4 Å². The Morgan fingerprint density at radius 1 is 1.33 bits per heavy atom. The quantitative estimate of drug-likeness (QED) is 0.909. The molecule has 0 saturated carbocycles. The van der Waals surface area contributed by atoms with E-state index in [1.165, 1.54) is 0 Å². The van der Waals surface area contributed by atoms with Gasteiger partial charge in [0.2, 0.25) is 10.0 Å². The van der Waals surface area contributed by atoms with Gasteiger partial charge in [-0.25, -0.2) is 8.42 Å². The SMILES string of the molecule is CCCC1CCCCN1S(=O)(=O)c1ccc(CN)cc1C. The first-order valence-electron chi connectivity index (χ1n) is 7.82. The molecule has 1 fully saturated rings. The molecule has 1 aliphatic rings. The van der Waals surface area contributed by atoms with Gasteiger partial charge in [-0.15, -0.1) is 0 Å². The third-order valence-corrected chi connectivity index (χ3v) is 6.37. The molecule has 2 N–H and O–H groups in total. The molecular formula is C16H26N2O2S. The number of rotatable bonds is 5. The summed E-state index contributed by atoms with van der Waals surface area (Å²) in [7, 11) is -3.40. The third-order valence-electron chi connectivity index (χ3n) is 4.26. The Labute approximate surface area is 128 Å². The Bertz CT molecular complexity index is 582. The number of nitrogens with zero attached hydrogens (tertiary/aromatic N) is 1. The Morgan fingerprint density at radius 3 is 2.71 bits per heavy atom. The molecule has 1 atom stereocenters. The fraction of sp³-hybridized carbons (Fsp3) is 0.625. The summed E-state index contributed by atoms with van der Waals surface area (Å²) in [6.45, 7) is 5.04. The van der Waals surface area contributed by atoms with E-state index < -0.39 is 10.0 Å². The Kier molecular flexibility index (Phi) is 5.41. The number of sulfonamides is 1. The average molecular weight is 310 g/mol. The standard InChI is InChI=1S/C16H26N2O2S/c1-3-6-15-7-4-5-10-18(15)21(19,20)16-9-8-14(12-17)11-13(16)2/h8-9,11,15H,3-7,10,12,17H2,1-2H3. The summed E-state index contributed by atoms with van der Waals surface area (Å²) < 4.78 is 27.7. The van der Waals surface area contributed by atoms with E-state index in [0.29, 0.717) is 18.0 Å². The van der Waals surface area contributed by atoms with Gasteiger partial charge in [0.15, 0.2) is 0 Å². The van der Waals surface area contributed by atoms with E-state index in [2.05, 4.69) is 6.92 Å². The molecule has 1 heterocycles. The van der Waals surface area contributed by atoms with Gasteiger partial charge in [-0.2, -0.15) is 4.31 Å². The normalized spacial score (nSPS) is 20.6. The molecular weight excluding hydrogens is 284 g/mol. The van der Waals surface area contributed by atoms with Gasteiger partial charge in [-0.3, -0.25) is 0 Å². The van der Waals surface area contributed by atoms with Crippen molar-refractivity contribution in [3.05, 3.63) is 29.3 Å². The molecule has 1 aliphatic heterocycles. The van der Waals surface area contributed by atoms with Crippen LogP contribution in [0, 0.1) is 6.92 Å². The summed E-state index contributed by atoms with van der Waals surface area (Å²) in [5, 5.41) is 0. The van der Waals surface area contributed by atoms with Crippen LogP contribution in [0.4, 0.5) is 0 Å². The van der Waals surface area contributed by atoms with Crippen LogP contribution >= 0.6 is 0 Å². The predicted octanol–water partition coefficient (Wildman–Crippen LogP) is 2.80. The zero-order valence-corrected chi connectivity index (χ0v) is 13.8. The second kappa shape index (κ2) is 6.90. The first-order valence-corrected chi connectivity index (χ1v) is 9.26. The highest BCUT2D eigenvalue weighted by Crippen LogP contribution is 2.29. The van der Waals surface area contributed by atoms with Crippen molar-refractivity contribution in [2.24, 2.45) is 5.73 Å². The summed E-state index contributed by atoms with van der Waals surface area (Å²) in [6.07, 6.45) is 5.02. The minimum Gasteiger partial charge on any atom is -0.326 e. The zero-order chi connectivity index (χ0) is 15.5. The number of nitrogens with two attached hydrogens (primary N) is 1. The molecule has 0 aromatic heterocycles. The first kappa shape index (κ1) is 16.5. The maximum Gasteiger partial charge on any atom is 0.243 e. The van der Waals surface area contributed by atoms with E-state index in [1.54, 1.807) is 10.4 Å². The zero-order valence-electron chi connectivity index (χ0n) is 13.0. The highest BCUT2D eigenvalue weighted by Gasteiger charge is 2.33. The summed E-state index contributed by atoms with van der Waals surface area (Å²) in [6, 6.07) is 5.57. The lowest BCUT2D eigenvalue weighted by atomic mass is 10.0. The summed E-state index contributed by atoms with van der Waals surface area (Å²) in [5.74, 6) is 0. The van der Waals surface area contributed by atoms with Gasteiger partial charge in [0, 0.05) is 19.1 Å². The lowest BCUT2D eigenvalue weighted by molar-refractivity contribution is 0.239. The molecule has 0 amide bonds. The lowest BCUT2D eigenvalue weighted by Crippen LogP contribution is -2.43. The number of aryl methyl sites for hydroxylation is 1. The van der Waals surface area contributed by atoms with Crippen LogP contribution < -0.4 is 5.73 Å². The molecule has 1 saturated heterocycles. The summed E-state index contributed by atoms with van der Waals surface area (Å²) in [5.41, 5.74) is 7.38. The summed E-state index contributed by atoms with van der Waals surface area (Å²) in [4.78, 5) is 0.433. The van der Waals surface area contributed by atoms with Crippen LogP contribution in [0.5, 0.6) is 0 Å². The van der Waals surface area contributed by atoms with Crippen molar-refractivity contribution in [1.82, 2.24) is 4.31 Å². The molecule has 2 rings (SSSR count). The molecule has 4 nitrogen and oxygen atoms in total. The van der Waals surface area contributed by atoms with Gasteiger partial charge < -0.3 is 5.73 Å². The molecule has 21 heavy (non-hydrogen) atoms. The molecule has 0 radical (unpaired) electrons. The molecule has 1 aromatic rings. The van der Waals surface area contributed by atoms with Crippen LogP contribution in [-0.4, -0.2) is 25.3 Å². The highest BCUT2D eigenvalue weighted by atomic mass is 32.2. The second-order valence-corrected chi connectivity index (χ2v) is 7.72. The molecule has 0 bridgehead atoms. The fourth-order valence-electron chi connectivity index (χ4n) is 3.17. The Balaban J connectivity index is 2.35. The average Bonchev–Trinajstić information content (AvgIpc) is 2.47. The fourth-order valence-corrected chi connectivity index (χ4v) is 5.10. The topological polar surface area (TPSA) is 63.4 Å². The number of piperidine rings is 1. The largest absolute Gasteiger partial charge is 0.326 e. The van der Waals surface area contributed by atoms with E-state index in [-0.39, 0.29) is 6.04 Å². The van der Waals surface area contributed by atoms with Gasteiger partial charge in [0.1, 0.15) is 0 Å². The van der Waals surface area contributed by atoms with Gasteiger partial charge >= 0.3 is 0 Å². The van der Waals surface area contributed by atoms with E-state index in [0.717, 1.165) is 43.2 Å². The van der Waals surface area contributed by atoms with Gasteiger partial charge in [0.25, 0.3) is 0 Å². The van der Waals surface area contributed by atoms with Crippen LogP contribution in [0.1, 0.15) is 50.2 Å². The lowest BCUT2D eigenvalue weighted by Gasteiger charge is -2.35. The number of benzene rings is 1. The van der Waals surface area contributed by atoms with Gasteiger partial charge in [-0.1, -0.05) is 31.9 Å². The van der Waals surface area contributed by atoms with Crippen molar-refractivity contribution in [2.75, 3.05) is 6.54 Å². The van der Waals surface area contributed by atoms with Crippen molar-refractivity contribution in [3.8, 4) is 0 Å². The number of hydrogen-bond acceptors (Lipinski definition) is 3. The van der Waals surface area contributed by atoms with Crippen molar-refractivity contribution in [3.63, 3.8) is 0 Å². The second-order valence-electron chi connectivity index (χ2n) is 5.86. The van der Waals surface area contributed by atoms with E-state index in [1.807, 2.05) is 19.1 Å². The molecule has 1 unspecified atom stereocenters. The molecule has 5 heteroatoms. The maximum absolute atomic E-state index is 13.0. The van der Waals surface area contributed by atoms with Crippen molar-refractivity contribution in [2.45, 2.75) is 63.4 Å². The van der Waals surface area contributed by atoms with Crippen molar-refractivity contribution < 1.29 is 8.42 Å². The van der Waals surface area contributed by atoms with Crippen LogP contribution in [0.3, 0.4) is 0 Å². The number of hydrogen-bond donors (Lipinski definition) is 1. The van der Waals surface area contributed by atoms with Crippen LogP contribution in [0.25, 0.3) is 0 Å². The van der Waals surface area contributed by atoms with Crippen molar-refractivity contribution >= 4 is 10.0 Å². The maximum atomic E-state index is 13.0. The molecule has 0 spiro atoms. The molecule has 1 aromatic carbocycles. The first-order chi connectivity index (χ1) is 10.0. The predicted molar refractivity (Wildman–Crippen MR) is 85.5 cm³/mol. The highest BCUT2D eigenvalue weighted by molar-refractivity contribution is 7.89. The third kappa shape index (κ3) is 3.47. The Morgan fingerprint density at radius 2 is 2.10 bits per heavy atom. The molecule has 118 valence electrons. The van der Waals surface area contributed by atoms with Crippen LogP contribution in [0.2, 0.25) is 0 Å². The van der Waals surface area contributed by atoms with E-state index in [4.69, 9.17) is 5.73 Å². The van der Waals surface area contributed by atoms with Crippen LogP contribution in [0.15, 0.2) is 23.1 Å². The van der Waals surface area contributed by atoms with E-state index >= 15 is 0 Å². The smallest absolute Gasteiger partial charge is 0.243 e. The van der Waals surface area contributed by atoms with Gasteiger partial charge in [0.05, 0.1) is 4.90 Å². The monoisotopic (exact) mass is 310 g/mol. The van der Waals surface area contributed by atoms with Crippen LogP contribution in [-0.2, 0) is 16.6 Å². The van der Waals surface area contributed by atoms with E-state index in [9.17, 15) is 8.42 Å². The molecule has 0 aliphatic carbocycles. The summed E-state index contributed by atoms with van der Waals surface area (Å²) >= 11 is 0. The minimum absolute atomic E-state index is 0.155. The minimum atomic E-state index is -3.40. The van der Waals surface area contributed by atoms with Crippen molar-refractivity contribution in [1.29, 1.82) is 0 Å².